The fraction of sp³-hybridized carbons (Fsp3) is 0.429. The lowest BCUT2D eigenvalue weighted by molar-refractivity contribution is 0.395. The van der Waals surface area contributed by atoms with Crippen LogP contribution in [0.4, 0.5) is 5.69 Å². The molecule has 0 saturated carbocycles. The SMILES string of the molecule is C/C=C/c1cc(OC)cc(OC)c1NC(C)C. The van der Waals surface area contributed by atoms with E-state index in [2.05, 4.69) is 19.2 Å². The Hall–Kier alpha value is -1.64. The highest BCUT2D eigenvalue weighted by Crippen LogP contribution is 2.34. The average Bonchev–Trinajstić information content (AvgIpc) is 2.30. The standard InChI is InChI=1S/C14H21NO2/c1-6-7-11-8-12(16-4)9-13(17-5)14(11)15-10(2)3/h6-10,15H,1-5H3/b7-6+. The highest BCUT2D eigenvalue weighted by atomic mass is 16.5. The van der Waals surface area contributed by atoms with Crippen LogP contribution in [0, 0.1) is 0 Å². The van der Waals surface area contributed by atoms with E-state index < -0.39 is 0 Å². The molecule has 0 spiro atoms. The van der Waals surface area contributed by atoms with Crippen LogP contribution >= 0.6 is 0 Å². The van der Waals surface area contributed by atoms with Gasteiger partial charge in [0.05, 0.1) is 19.9 Å². The second-order valence-corrected chi connectivity index (χ2v) is 4.09. The molecule has 0 bridgehead atoms. The number of allylic oxidation sites excluding steroid dienone is 1. The zero-order valence-corrected chi connectivity index (χ0v) is 11.2. The van der Waals surface area contributed by atoms with Crippen molar-refractivity contribution < 1.29 is 9.47 Å². The van der Waals surface area contributed by atoms with Crippen LogP contribution in [0.3, 0.4) is 0 Å². The molecule has 94 valence electrons. The number of hydrogen-bond acceptors (Lipinski definition) is 3. The second-order valence-electron chi connectivity index (χ2n) is 4.09. The monoisotopic (exact) mass is 235 g/mol. The van der Waals surface area contributed by atoms with Crippen LogP contribution in [-0.2, 0) is 0 Å². The summed E-state index contributed by atoms with van der Waals surface area (Å²) in [5.41, 5.74) is 2.07. The van der Waals surface area contributed by atoms with Crippen molar-refractivity contribution in [2.45, 2.75) is 26.8 Å². The van der Waals surface area contributed by atoms with Gasteiger partial charge in [-0.2, -0.15) is 0 Å². The van der Waals surface area contributed by atoms with Crippen molar-refractivity contribution in [2.75, 3.05) is 19.5 Å². The third-order valence-electron chi connectivity index (χ3n) is 2.34. The average molecular weight is 235 g/mol. The van der Waals surface area contributed by atoms with Crippen molar-refractivity contribution in [1.82, 2.24) is 0 Å². The van der Waals surface area contributed by atoms with Crippen molar-refractivity contribution in [1.29, 1.82) is 0 Å². The van der Waals surface area contributed by atoms with Gasteiger partial charge in [-0.25, -0.2) is 0 Å². The Bertz CT molecular complexity index is 397. The quantitative estimate of drug-likeness (QED) is 0.846. The fourth-order valence-corrected chi connectivity index (χ4v) is 1.64. The normalized spacial score (nSPS) is 10.9. The van der Waals surface area contributed by atoms with Crippen LogP contribution in [0.25, 0.3) is 6.08 Å². The van der Waals surface area contributed by atoms with Crippen molar-refractivity contribution in [3.63, 3.8) is 0 Å². The van der Waals surface area contributed by atoms with Gasteiger partial charge < -0.3 is 14.8 Å². The minimum absolute atomic E-state index is 0.348. The zero-order valence-electron chi connectivity index (χ0n) is 11.2. The largest absolute Gasteiger partial charge is 0.497 e. The molecule has 0 fully saturated rings. The molecule has 0 saturated heterocycles. The van der Waals surface area contributed by atoms with Crippen molar-refractivity contribution in [3.8, 4) is 11.5 Å². The molecule has 0 atom stereocenters. The lowest BCUT2D eigenvalue weighted by Gasteiger charge is -2.18. The predicted octanol–water partition coefficient (Wildman–Crippen LogP) is 3.56. The van der Waals surface area contributed by atoms with Crippen molar-refractivity contribution in [3.05, 3.63) is 23.8 Å². The van der Waals surface area contributed by atoms with Crippen LogP contribution in [-0.4, -0.2) is 20.3 Å². The second kappa shape index (κ2) is 6.18. The summed E-state index contributed by atoms with van der Waals surface area (Å²) in [6.45, 7) is 6.19. The Kier molecular flexibility index (Phi) is 4.88. The first-order chi connectivity index (χ1) is 8.12. The molecule has 1 N–H and O–H groups in total. The van der Waals surface area contributed by atoms with Gasteiger partial charge in [-0.3, -0.25) is 0 Å². The minimum Gasteiger partial charge on any atom is -0.497 e. The molecule has 1 aromatic carbocycles. The van der Waals surface area contributed by atoms with Gasteiger partial charge in [0.1, 0.15) is 11.5 Å². The number of anilines is 1. The molecule has 0 aliphatic rings. The molecule has 3 heteroatoms. The summed E-state index contributed by atoms with van der Waals surface area (Å²) in [6, 6.07) is 4.23. The number of nitrogens with one attached hydrogen (secondary N) is 1. The molecule has 0 aliphatic carbocycles. The van der Waals surface area contributed by atoms with E-state index in [-0.39, 0.29) is 0 Å². The summed E-state index contributed by atoms with van der Waals surface area (Å²) < 4.78 is 10.7. The van der Waals surface area contributed by atoms with E-state index in [0.29, 0.717) is 6.04 Å². The molecule has 1 rings (SSSR count). The number of rotatable bonds is 5. The molecule has 1 aromatic rings. The summed E-state index contributed by atoms with van der Waals surface area (Å²) in [7, 11) is 3.32. The Morgan fingerprint density at radius 2 is 1.88 bits per heavy atom. The summed E-state index contributed by atoms with van der Waals surface area (Å²) in [4.78, 5) is 0. The van der Waals surface area contributed by atoms with E-state index in [0.717, 1.165) is 22.7 Å². The van der Waals surface area contributed by atoms with Gasteiger partial charge in [0, 0.05) is 17.7 Å². The number of hydrogen-bond donors (Lipinski definition) is 1. The van der Waals surface area contributed by atoms with Gasteiger partial charge in [0.15, 0.2) is 0 Å². The van der Waals surface area contributed by atoms with Gasteiger partial charge in [-0.15, -0.1) is 0 Å². The molecule has 0 aliphatic heterocycles. The fourth-order valence-electron chi connectivity index (χ4n) is 1.64. The highest BCUT2D eigenvalue weighted by molar-refractivity contribution is 5.74. The summed E-state index contributed by atoms with van der Waals surface area (Å²) in [5.74, 6) is 1.59. The maximum absolute atomic E-state index is 5.40. The minimum atomic E-state index is 0.348. The van der Waals surface area contributed by atoms with Gasteiger partial charge in [0.2, 0.25) is 0 Å². The highest BCUT2D eigenvalue weighted by Gasteiger charge is 2.11. The first-order valence-electron chi connectivity index (χ1n) is 5.77. The summed E-state index contributed by atoms with van der Waals surface area (Å²) in [6.07, 6.45) is 4.04. The molecule has 0 aromatic heterocycles. The number of benzene rings is 1. The lowest BCUT2D eigenvalue weighted by atomic mass is 10.1. The summed E-state index contributed by atoms with van der Waals surface area (Å²) >= 11 is 0. The molecular formula is C14H21NO2. The maximum atomic E-state index is 5.40. The van der Waals surface area contributed by atoms with E-state index in [1.165, 1.54) is 0 Å². The lowest BCUT2D eigenvalue weighted by Crippen LogP contribution is -2.12. The smallest absolute Gasteiger partial charge is 0.146 e. The molecular weight excluding hydrogens is 214 g/mol. The van der Waals surface area contributed by atoms with Crippen LogP contribution < -0.4 is 14.8 Å². The van der Waals surface area contributed by atoms with Gasteiger partial charge in [0.25, 0.3) is 0 Å². The maximum Gasteiger partial charge on any atom is 0.146 e. The molecule has 17 heavy (non-hydrogen) atoms. The third-order valence-corrected chi connectivity index (χ3v) is 2.34. The molecule has 3 nitrogen and oxygen atoms in total. The van der Waals surface area contributed by atoms with Gasteiger partial charge >= 0.3 is 0 Å². The Labute approximate surface area is 103 Å². The molecule has 0 amide bonds. The van der Waals surface area contributed by atoms with Crippen LogP contribution in [0.1, 0.15) is 26.3 Å². The van der Waals surface area contributed by atoms with Crippen LogP contribution in [0.15, 0.2) is 18.2 Å². The number of ether oxygens (including phenoxy) is 2. The summed E-state index contributed by atoms with van der Waals surface area (Å²) in [5, 5.41) is 3.40. The Morgan fingerprint density at radius 1 is 1.18 bits per heavy atom. The Morgan fingerprint density at radius 3 is 2.35 bits per heavy atom. The predicted molar refractivity (Wildman–Crippen MR) is 73.0 cm³/mol. The molecule has 0 unspecified atom stereocenters. The van der Waals surface area contributed by atoms with Crippen molar-refractivity contribution >= 4 is 11.8 Å². The van der Waals surface area contributed by atoms with Crippen LogP contribution in [0.2, 0.25) is 0 Å². The van der Waals surface area contributed by atoms with E-state index >= 15 is 0 Å². The van der Waals surface area contributed by atoms with Gasteiger partial charge in [-0.1, -0.05) is 12.2 Å². The molecule has 0 radical (unpaired) electrons. The van der Waals surface area contributed by atoms with E-state index in [4.69, 9.17) is 9.47 Å². The number of methoxy groups -OCH3 is 2. The van der Waals surface area contributed by atoms with E-state index in [1.807, 2.05) is 31.2 Å². The van der Waals surface area contributed by atoms with E-state index in [9.17, 15) is 0 Å². The molecule has 0 heterocycles. The van der Waals surface area contributed by atoms with Crippen LogP contribution in [0.5, 0.6) is 11.5 Å². The third kappa shape index (κ3) is 3.41. The van der Waals surface area contributed by atoms with Gasteiger partial charge in [-0.05, 0) is 26.8 Å². The van der Waals surface area contributed by atoms with Crippen molar-refractivity contribution in [2.24, 2.45) is 0 Å². The zero-order chi connectivity index (χ0) is 12.8. The first kappa shape index (κ1) is 13.4. The first-order valence-corrected chi connectivity index (χ1v) is 5.77. The van der Waals surface area contributed by atoms with E-state index in [1.54, 1.807) is 14.2 Å². The topological polar surface area (TPSA) is 30.5 Å². The Balaban J connectivity index is 3.29.